The van der Waals surface area contributed by atoms with Crippen molar-refractivity contribution in [2.45, 2.75) is 33.4 Å². The normalized spacial score (nSPS) is 11.8. The first-order chi connectivity index (χ1) is 16.0. The Morgan fingerprint density at radius 3 is 2.64 bits per heavy atom. The maximum absolute atomic E-state index is 13.6. The zero-order valence-electron chi connectivity index (χ0n) is 18.6. The fraction of sp³-hybridized carbons (Fsp3) is 0.261. The Kier molecular flexibility index (Phi) is 6.34. The summed E-state index contributed by atoms with van der Waals surface area (Å²) in [6.07, 6.45) is 4.84. The van der Waals surface area contributed by atoms with Crippen LogP contribution in [-0.4, -0.2) is 47.5 Å². The summed E-state index contributed by atoms with van der Waals surface area (Å²) in [6, 6.07) is 8.41. The highest BCUT2D eigenvalue weighted by molar-refractivity contribution is 5.96. The number of ether oxygens (including phenoxy) is 1. The van der Waals surface area contributed by atoms with E-state index in [-0.39, 0.29) is 18.1 Å². The van der Waals surface area contributed by atoms with Crippen LogP contribution in [0.1, 0.15) is 47.5 Å². The number of amides is 1. The highest BCUT2D eigenvalue weighted by Crippen LogP contribution is 2.23. The van der Waals surface area contributed by atoms with Crippen molar-refractivity contribution < 1.29 is 9.53 Å². The van der Waals surface area contributed by atoms with Crippen molar-refractivity contribution in [3.05, 3.63) is 71.7 Å². The van der Waals surface area contributed by atoms with Crippen LogP contribution in [-0.2, 0) is 6.54 Å². The third kappa shape index (κ3) is 4.84. The van der Waals surface area contributed by atoms with Gasteiger partial charge in [-0.2, -0.15) is 5.10 Å². The zero-order valence-corrected chi connectivity index (χ0v) is 18.6. The molecule has 0 saturated heterocycles. The fourth-order valence-electron chi connectivity index (χ4n) is 3.34. The summed E-state index contributed by atoms with van der Waals surface area (Å²) in [5.74, 6) is 1.09. The second-order valence-electron chi connectivity index (χ2n) is 7.46. The van der Waals surface area contributed by atoms with Gasteiger partial charge >= 0.3 is 0 Å². The number of aromatic nitrogens is 6. The molecule has 1 amide bonds. The molecule has 4 aromatic rings. The lowest BCUT2D eigenvalue weighted by molar-refractivity contribution is 0.0657. The fourth-order valence-corrected chi connectivity index (χ4v) is 3.34. The number of nitrogen functional groups attached to an aromatic ring is 1. The average Bonchev–Trinajstić information content (AvgIpc) is 2.84. The number of nitrogens with zero attached hydrogens (tertiary/aromatic N) is 7. The van der Waals surface area contributed by atoms with Crippen molar-refractivity contribution in [2.75, 3.05) is 12.3 Å². The summed E-state index contributed by atoms with van der Waals surface area (Å²) in [6.45, 7) is 6.29. The van der Waals surface area contributed by atoms with Gasteiger partial charge < -0.3 is 15.4 Å². The number of rotatable bonds is 7. The predicted molar refractivity (Wildman–Crippen MR) is 122 cm³/mol. The number of fused-ring (bicyclic) bond motifs is 1. The molecule has 0 saturated carbocycles. The zero-order chi connectivity index (χ0) is 23.4. The van der Waals surface area contributed by atoms with E-state index in [0.717, 1.165) is 10.9 Å². The average molecular weight is 444 g/mol. The lowest BCUT2D eigenvalue weighted by Gasteiger charge is -2.27. The van der Waals surface area contributed by atoms with Gasteiger partial charge in [0.15, 0.2) is 0 Å². The number of hydrogen-bond donors (Lipinski definition) is 1. The van der Waals surface area contributed by atoms with E-state index < -0.39 is 6.04 Å². The Labute approximate surface area is 190 Å². The minimum absolute atomic E-state index is 0.191. The van der Waals surface area contributed by atoms with Gasteiger partial charge in [-0.15, -0.1) is 5.10 Å². The third-order valence-electron chi connectivity index (χ3n) is 5.16. The number of aryl methyl sites for hydroxylation is 1. The van der Waals surface area contributed by atoms with E-state index in [1.807, 2.05) is 26.8 Å². The molecular formula is C23H24N8O2. The van der Waals surface area contributed by atoms with Crippen LogP contribution in [0.3, 0.4) is 0 Å². The summed E-state index contributed by atoms with van der Waals surface area (Å²) in [4.78, 5) is 32.6. The van der Waals surface area contributed by atoms with E-state index in [1.54, 1.807) is 47.8 Å². The molecule has 4 aromatic heterocycles. The molecule has 4 heterocycles. The number of carbonyl (C=O) groups excluding carboxylic acids is 1. The van der Waals surface area contributed by atoms with E-state index in [2.05, 4.69) is 30.1 Å². The Morgan fingerprint density at radius 1 is 1.15 bits per heavy atom. The van der Waals surface area contributed by atoms with E-state index in [4.69, 9.17) is 10.5 Å². The molecule has 0 aliphatic carbocycles. The van der Waals surface area contributed by atoms with E-state index in [9.17, 15) is 4.79 Å². The quantitative estimate of drug-likeness (QED) is 0.457. The largest absolute Gasteiger partial charge is 0.477 e. The second-order valence-corrected chi connectivity index (χ2v) is 7.46. The standard InChI is InChI=1S/C23H24N8O2/c1-4-33-20-7-6-17(29-30-20)13-31(15(3)22-25-8-5-9-26-22)23(32)18-11-16-10-14(2)21(24)28-19(16)12-27-18/h5-12,15H,4,13H2,1-3H3,(H2,24,28)/t15-/m1/s1. The molecule has 4 rings (SSSR count). The van der Waals surface area contributed by atoms with Gasteiger partial charge in [-0.05, 0) is 50.6 Å². The van der Waals surface area contributed by atoms with Gasteiger partial charge in [0.2, 0.25) is 5.88 Å². The molecule has 0 bridgehead atoms. The molecule has 10 heteroatoms. The van der Waals surface area contributed by atoms with Crippen LogP contribution in [0.15, 0.2) is 48.9 Å². The predicted octanol–water partition coefficient (Wildman–Crippen LogP) is 2.90. The highest BCUT2D eigenvalue weighted by atomic mass is 16.5. The topological polar surface area (TPSA) is 133 Å². The highest BCUT2D eigenvalue weighted by Gasteiger charge is 2.26. The molecule has 2 N–H and O–H groups in total. The van der Waals surface area contributed by atoms with Crippen molar-refractivity contribution in [2.24, 2.45) is 0 Å². The minimum Gasteiger partial charge on any atom is -0.477 e. The molecule has 168 valence electrons. The van der Waals surface area contributed by atoms with E-state index in [0.29, 0.717) is 35.3 Å². The lowest BCUT2D eigenvalue weighted by atomic mass is 10.1. The first-order valence-corrected chi connectivity index (χ1v) is 10.5. The molecular weight excluding hydrogens is 420 g/mol. The number of anilines is 1. The van der Waals surface area contributed by atoms with Crippen LogP contribution in [0.5, 0.6) is 5.88 Å². The number of pyridine rings is 2. The first-order valence-electron chi connectivity index (χ1n) is 10.5. The second kappa shape index (κ2) is 9.51. The Balaban J connectivity index is 1.69. The van der Waals surface area contributed by atoms with Crippen LogP contribution in [0, 0.1) is 6.92 Å². The van der Waals surface area contributed by atoms with Crippen LogP contribution < -0.4 is 10.5 Å². The van der Waals surface area contributed by atoms with Crippen LogP contribution in [0.2, 0.25) is 0 Å². The SMILES string of the molecule is CCOc1ccc(CN(C(=O)c2cc3cc(C)c(N)nc3cn2)[C@H](C)c2ncccn2)nn1. The van der Waals surface area contributed by atoms with E-state index >= 15 is 0 Å². The van der Waals surface area contributed by atoms with Gasteiger partial charge in [0.05, 0.1) is 36.6 Å². The number of hydrogen-bond acceptors (Lipinski definition) is 9. The van der Waals surface area contributed by atoms with Gasteiger partial charge in [-0.25, -0.2) is 19.9 Å². The van der Waals surface area contributed by atoms with Gasteiger partial charge in [-0.3, -0.25) is 4.79 Å². The molecule has 0 aromatic carbocycles. The molecule has 33 heavy (non-hydrogen) atoms. The van der Waals surface area contributed by atoms with Crippen molar-refractivity contribution in [1.82, 2.24) is 35.0 Å². The first kappa shape index (κ1) is 22.0. The molecule has 0 unspecified atom stereocenters. The van der Waals surface area contributed by atoms with E-state index in [1.165, 1.54) is 0 Å². The summed E-state index contributed by atoms with van der Waals surface area (Å²) in [7, 11) is 0. The Morgan fingerprint density at radius 2 is 1.94 bits per heavy atom. The molecule has 0 aliphatic rings. The van der Waals surface area contributed by atoms with Crippen molar-refractivity contribution in [3.63, 3.8) is 0 Å². The van der Waals surface area contributed by atoms with Crippen LogP contribution in [0.25, 0.3) is 10.9 Å². The smallest absolute Gasteiger partial charge is 0.273 e. The van der Waals surface area contributed by atoms with Crippen LogP contribution >= 0.6 is 0 Å². The Hall–Kier alpha value is -4.21. The maximum Gasteiger partial charge on any atom is 0.273 e. The van der Waals surface area contributed by atoms with Gasteiger partial charge in [0, 0.05) is 23.8 Å². The summed E-state index contributed by atoms with van der Waals surface area (Å²) in [5.41, 5.74) is 8.23. The summed E-state index contributed by atoms with van der Waals surface area (Å²) in [5, 5.41) is 9.06. The number of nitrogens with two attached hydrogens (primary N) is 1. The van der Waals surface area contributed by atoms with Crippen LogP contribution in [0.4, 0.5) is 5.82 Å². The molecule has 0 fully saturated rings. The van der Waals surface area contributed by atoms with Gasteiger partial charge in [0.1, 0.15) is 17.3 Å². The van der Waals surface area contributed by atoms with Gasteiger partial charge in [-0.1, -0.05) is 0 Å². The maximum atomic E-state index is 13.6. The van der Waals surface area contributed by atoms with Crippen molar-refractivity contribution in [3.8, 4) is 5.88 Å². The van der Waals surface area contributed by atoms with Crippen molar-refractivity contribution in [1.29, 1.82) is 0 Å². The lowest BCUT2D eigenvalue weighted by Crippen LogP contribution is -2.35. The number of carbonyl (C=O) groups is 1. The van der Waals surface area contributed by atoms with Crippen molar-refractivity contribution >= 4 is 22.6 Å². The third-order valence-corrected chi connectivity index (χ3v) is 5.16. The molecule has 10 nitrogen and oxygen atoms in total. The Bertz CT molecular complexity index is 1260. The summed E-state index contributed by atoms with van der Waals surface area (Å²) >= 11 is 0. The minimum atomic E-state index is -0.434. The molecule has 1 atom stereocenters. The van der Waals surface area contributed by atoms with Gasteiger partial charge in [0.25, 0.3) is 5.91 Å². The molecule has 0 aliphatic heterocycles. The molecule has 0 spiro atoms. The molecule has 0 radical (unpaired) electrons. The monoisotopic (exact) mass is 444 g/mol. The summed E-state index contributed by atoms with van der Waals surface area (Å²) < 4.78 is 5.36.